The van der Waals surface area contributed by atoms with Gasteiger partial charge >= 0.3 is 0 Å². The molecule has 0 atom stereocenters. The van der Waals surface area contributed by atoms with Crippen molar-refractivity contribution in [1.82, 2.24) is 30.0 Å². The smallest absolute Gasteiger partial charge is 0.267 e. The number of ether oxygens (including phenoxy) is 1. The molecule has 0 spiro atoms. The van der Waals surface area contributed by atoms with Crippen molar-refractivity contribution in [3.8, 4) is 17.1 Å². The first-order valence-corrected chi connectivity index (χ1v) is 11.8. The minimum absolute atomic E-state index is 0.166. The lowest BCUT2D eigenvalue weighted by molar-refractivity contribution is -0.122. The van der Waals surface area contributed by atoms with Crippen molar-refractivity contribution in [1.29, 1.82) is 0 Å². The van der Waals surface area contributed by atoms with Gasteiger partial charge in [-0.2, -0.15) is 5.10 Å². The molecule has 184 valence electrons. The van der Waals surface area contributed by atoms with Gasteiger partial charge in [0, 0.05) is 43.9 Å². The van der Waals surface area contributed by atoms with Crippen molar-refractivity contribution in [2.45, 2.75) is 19.9 Å². The minimum atomic E-state index is -0.331. The fraction of sp³-hybridized carbons (Fsp3) is 0.400. The van der Waals surface area contributed by atoms with E-state index in [1.807, 2.05) is 30.3 Å². The molecule has 4 rings (SSSR count). The van der Waals surface area contributed by atoms with Crippen LogP contribution in [0.2, 0.25) is 0 Å². The maximum absolute atomic E-state index is 12.4. The zero-order valence-corrected chi connectivity index (χ0v) is 20.2. The van der Waals surface area contributed by atoms with Crippen molar-refractivity contribution in [3.63, 3.8) is 0 Å². The molecule has 0 aliphatic carbocycles. The van der Waals surface area contributed by atoms with Gasteiger partial charge in [-0.3, -0.25) is 9.59 Å². The summed E-state index contributed by atoms with van der Waals surface area (Å²) in [6.45, 7) is 6.23. The van der Waals surface area contributed by atoms with Crippen LogP contribution in [-0.2, 0) is 17.8 Å². The van der Waals surface area contributed by atoms with E-state index < -0.39 is 0 Å². The Morgan fingerprint density at radius 3 is 2.57 bits per heavy atom. The Morgan fingerprint density at radius 2 is 1.83 bits per heavy atom. The average molecular weight is 478 g/mol. The lowest BCUT2D eigenvalue weighted by Gasteiger charge is -2.33. The van der Waals surface area contributed by atoms with Crippen LogP contribution in [0.5, 0.6) is 5.88 Å². The van der Waals surface area contributed by atoms with Crippen LogP contribution in [0.1, 0.15) is 12.5 Å². The molecule has 10 heteroatoms. The number of carbonyl (C=O) groups is 1. The summed E-state index contributed by atoms with van der Waals surface area (Å²) in [5.41, 5.74) is 2.43. The molecule has 3 aromatic rings. The number of anilines is 1. The number of carbonyl (C=O) groups excluding carboxylic acids is 1. The Hall–Kier alpha value is -3.79. The molecule has 0 bridgehead atoms. The van der Waals surface area contributed by atoms with Crippen molar-refractivity contribution in [2.24, 2.45) is 0 Å². The number of aromatic nitrogens is 4. The highest BCUT2D eigenvalue weighted by molar-refractivity contribution is 5.75. The molecule has 1 aliphatic heterocycles. The van der Waals surface area contributed by atoms with Gasteiger partial charge in [0.1, 0.15) is 25.3 Å². The summed E-state index contributed by atoms with van der Waals surface area (Å²) in [4.78, 5) is 37.6. The van der Waals surface area contributed by atoms with Gasteiger partial charge < -0.3 is 19.9 Å². The molecular formula is C25H31N7O3. The molecule has 1 amide bonds. The molecular weight excluding hydrogens is 446 g/mol. The summed E-state index contributed by atoms with van der Waals surface area (Å²) < 4.78 is 6.86. The molecule has 1 aromatic carbocycles. The average Bonchev–Trinajstić information content (AvgIpc) is 2.88. The van der Waals surface area contributed by atoms with Gasteiger partial charge in [0.25, 0.3) is 5.56 Å². The molecule has 3 heterocycles. The second-order valence-electron chi connectivity index (χ2n) is 8.47. The topological polar surface area (TPSA) is 105 Å². The van der Waals surface area contributed by atoms with Gasteiger partial charge in [0.05, 0.1) is 12.2 Å². The lowest BCUT2D eigenvalue weighted by atomic mass is 10.1. The molecule has 1 saturated heterocycles. The van der Waals surface area contributed by atoms with Gasteiger partial charge in [-0.05, 0) is 25.1 Å². The summed E-state index contributed by atoms with van der Waals surface area (Å²) in [5, 5.41) is 7.12. The summed E-state index contributed by atoms with van der Waals surface area (Å²) in [6.07, 6.45) is 2.44. The fourth-order valence-electron chi connectivity index (χ4n) is 3.78. The maximum atomic E-state index is 12.4. The molecule has 2 aromatic heterocycles. The molecule has 0 saturated carbocycles. The third-order valence-electron chi connectivity index (χ3n) is 5.95. The first-order chi connectivity index (χ1) is 17.0. The number of rotatable bonds is 9. The number of amides is 1. The normalized spacial score (nSPS) is 14.1. The van der Waals surface area contributed by atoms with E-state index in [0.29, 0.717) is 11.6 Å². The quantitative estimate of drug-likeness (QED) is 0.459. The van der Waals surface area contributed by atoms with Crippen LogP contribution in [0.25, 0.3) is 11.3 Å². The van der Waals surface area contributed by atoms with Crippen molar-refractivity contribution in [3.05, 3.63) is 64.7 Å². The maximum Gasteiger partial charge on any atom is 0.267 e. The predicted molar refractivity (Wildman–Crippen MR) is 134 cm³/mol. The highest BCUT2D eigenvalue weighted by atomic mass is 16.5. The Kier molecular flexibility index (Phi) is 8.04. The predicted octanol–water partition coefficient (Wildman–Crippen LogP) is 1.21. The van der Waals surface area contributed by atoms with Gasteiger partial charge in [-0.1, -0.05) is 31.2 Å². The molecule has 0 unspecified atom stereocenters. The fourth-order valence-corrected chi connectivity index (χ4v) is 3.78. The second kappa shape index (κ2) is 11.6. The molecule has 10 nitrogen and oxygen atoms in total. The van der Waals surface area contributed by atoms with Crippen LogP contribution in [0.15, 0.2) is 53.6 Å². The summed E-state index contributed by atoms with van der Waals surface area (Å²) in [5.74, 6) is 0.979. The van der Waals surface area contributed by atoms with Gasteiger partial charge in [0.2, 0.25) is 11.8 Å². The van der Waals surface area contributed by atoms with Gasteiger partial charge in [-0.15, -0.1) is 0 Å². The van der Waals surface area contributed by atoms with Gasteiger partial charge in [0.15, 0.2) is 0 Å². The first kappa shape index (κ1) is 24.3. The van der Waals surface area contributed by atoms with E-state index in [-0.39, 0.29) is 31.2 Å². The summed E-state index contributed by atoms with van der Waals surface area (Å²) in [6, 6.07) is 12.9. The second-order valence-corrected chi connectivity index (χ2v) is 8.47. The van der Waals surface area contributed by atoms with Crippen LogP contribution in [-0.4, -0.2) is 76.9 Å². The number of piperazine rings is 1. The Balaban J connectivity index is 1.27. The molecule has 35 heavy (non-hydrogen) atoms. The number of nitrogens with zero attached hydrogens (tertiary/aromatic N) is 6. The third-order valence-corrected chi connectivity index (χ3v) is 5.95. The monoisotopic (exact) mass is 477 g/mol. The number of nitrogens with one attached hydrogen (secondary N) is 1. The van der Waals surface area contributed by atoms with E-state index in [2.05, 4.69) is 44.2 Å². The summed E-state index contributed by atoms with van der Waals surface area (Å²) in [7, 11) is 2.11. The van der Waals surface area contributed by atoms with E-state index in [4.69, 9.17) is 4.74 Å². The first-order valence-electron chi connectivity index (χ1n) is 11.8. The van der Waals surface area contributed by atoms with E-state index in [0.717, 1.165) is 44.0 Å². The van der Waals surface area contributed by atoms with E-state index in [1.54, 1.807) is 6.07 Å². The third kappa shape index (κ3) is 6.63. The molecule has 1 aliphatic rings. The van der Waals surface area contributed by atoms with Crippen molar-refractivity contribution in [2.75, 3.05) is 51.3 Å². The lowest BCUT2D eigenvalue weighted by Crippen LogP contribution is -2.44. The van der Waals surface area contributed by atoms with Crippen LogP contribution in [0.4, 0.5) is 5.82 Å². The van der Waals surface area contributed by atoms with Crippen LogP contribution in [0, 0.1) is 0 Å². The van der Waals surface area contributed by atoms with Crippen LogP contribution >= 0.6 is 0 Å². The van der Waals surface area contributed by atoms with Gasteiger partial charge in [-0.25, -0.2) is 14.6 Å². The van der Waals surface area contributed by atoms with E-state index >= 15 is 0 Å². The van der Waals surface area contributed by atoms with Crippen molar-refractivity contribution >= 4 is 11.7 Å². The van der Waals surface area contributed by atoms with Crippen molar-refractivity contribution < 1.29 is 9.53 Å². The number of hydrogen-bond acceptors (Lipinski definition) is 8. The largest absolute Gasteiger partial charge is 0.476 e. The Labute approximate surface area is 204 Å². The number of aryl methyl sites for hydroxylation is 1. The van der Waals surface area contributed by atoms with E-state index in [9.17, 15) is 9.59 Å². The highest BCUT2D eigenvalue weighted by Crippen LogP contribution is 2.18. The zero-order valence-electron chi connectivity index (χ0n) is 20.2. The van der Waals surface area contributed by atoms with Crippen LogP contribution in [0.3, 0.4) is 0 Å². The number of benzene rings is 1. The van der Waals surface area contributed by atoms with Crippen LogP contribution < -0.4 is 20.5 Å². The van der Waals surface area contributed by atoms with E-state index in [1.165, 1.54) is 22.6 Å². The number of likely N-dealkylation sites (N-methyl/N-ethyl adjacent to an activating group) is 1. The Morgan fingerprint density at radius 1 is 1.06 bits per heavy atom. The Bertz CT molecular complexity index is 1190. The SMILES string of the molecule is CCc1ccc(-c2ccc(=O)n(CC(=O)NCCOc3cc(N4CCN(C)CC4)ncn3)n2)cc1. The molecule has 0 radical (unpaired) electrons. The number of hydrogen-bond donors (Lipinski definition) is 1. The minimum Gasteiger partial charge on any atom is -0.476 e. The molecule has 1 N–H and O–H groups in total. The zero-order chi connectivity index (χ0) is 24.6. The summed E-state index contributed by atoms with van der Waals surface area (Å²) >= 11 is 0. The highest BCUT2D eigenvalue weighted by Gasteiger charge is 2.16. The standard InChI is InChI=1S/C25H31N7O3/c1-3-19-4-6-20(7-5-19)21-8-9-25(34)32(29-21)17-23(33)26-10-15-35-24-16-22(27-18-28-24)31-13-11-30(2)12-14-31/h4-9,16,18H,3,10-15,17H2,1-2H3,(H,26,33). The molecule has 1 fully saturated rings.